The molecule has 20 heavy (non-hydrogen) atoms. The van der Waals surface area contributed by atoms with Crippen molar-refractivity contribution < 1.29 is 0 Å². The zero-order valence-corrected chi connectivity index (χ0v) is 14.3. The van der Waals surface area contributed by atoms with Crippen LogP contribution in [0.5, 0.6) is 0 Å². The fourth-order valence-corrected chi connectivity index (χ4v) is 4.43. The molecule has 2 heteroatoms. The highest BCUT2D eigenvalue weighted by Gasteiger charge is 2.39. The second kappa shape index (κ2) is 7.26. The third-order valence-corrected chi connectivity index (χ3v) is 6.05. The molecule has 0 aromatic rings. The van der Waals surface area contributed by atoms with E-state index in [9.17, 15) is 0 Å². The van der Waals surface area contributed by atoms with Crippen molar-refractivity contribution in [2.24, 2.45) is 5.92 Å². The third-order valence-electron chi connectivity index (χ3n) is 6.05. The summed E-state index contributed by atoms with van der Waals surface area (Å²) in [7, 11) is 0. The van der Waals surface area contributed by atoms with Crippen LogP contribution in [0.25, 0.3) is 0 Å². The summed E-state index contributed by atoms with van der Waals surface area (Å²) < 4.78 is 0. The molecule has 2 fully saturated rings. The minimum atomic E-state index is 0.327. The van der Waals surface area contributed by atoms with Gasteiger partial charge in [0.25, 0.3) is 0 Å². The Kier molecular flexibility index (Phi) is 5.92. The molecular weight excluding hydrogens is 244 g/mol. The van der Waals surface area contributed by atoms with Crippen LogP contribution in [0.2, 0.25) is 0 Å². The maximum atomic E-state index is 3.82. The number of hydrogen-bond acceptors (Lipinski definition) is 2. The molecule has 2 rings (SSSR count). The Morgan fingerprint density at radius 3 is 2.40 bits per heavy atom. The molecule has 1 aliphatic heterocycles. The molecule has 0 bridgehead atoms. The van der Waals surface area contributed by atoms with Gasteiger partial charge in [0.15, 0.2) is 0 Å². The van der Waals surface area contributed by atoms with Crippen LogP contribution in [-0.4, -0.2) is 35.6 Å². The second-order valence-corrected chi connectivity index (χ2v) is 7.40. The van der Waals surface area contributed by atoms with Gasteiger partial charge in [0.1, 0.15) is 0 Å². The molecule has 3 unspecified atom stereocenters. The van der Waals surface area contributed by atoms with Crippen molar-refractivity contribution >= 4 is 0 Å². The Labute approximate surface area is 126 Å². The zero-order chi connectivity index (χ0) is 14.6. The number of nitrogens with one attached hydrogen (secondary N) is 1. The number of rotatable bonds is 5. The molecule has 1 heterocycles. The Hall–Kier alpha value is -0.0800. The summed E-state index contributed by atoms with van der Waals surface area (Å²) >= 11 is 0. The van der Waals surface area contributed by atoms with Crippen molar-refractivity contribution in [3.05, 3.63) is 0 Å². The van der Waals surface area contributed by atoms with Gasteiger partial charge < -0.3 is 5.32 Å². The molecule has 2 aliphatic rings. The average molecular weight is 280 g/mol. The Balaban J connectivity index is 2.10. The van der Waals surface area contributed by atoms with Crippen LogP contribution in [0.1, 0.15) is 79.1 Å². The molecule has 1 N–H and O–H groups in total. The molecule has 0 amide bonds. The fraction of sp³-hybridized carbons (Fsp3) is 1.00. The summed E-state index contributed by atoms with van der Waals surface area (Å²) in [5.74, 6) is 0.960. The first-order valence-corrected chi connectivity index (χ1v) is 9.14. The SMILES string of the molecule is CCC1CNC(C)(CC)CN1C(CC)C1CCCCC1. The molecular formula is C18H36N2. The lowest BCUT2D eigenvalue weighted by Crippen LogP contribution is -2.65. The van der Waals surface area contributed by atoms with Gasteiger partial charge in [-0.25, -0.2) is 0 Å². The largest absolute Gasteiger partial charge is 0.309 e. The molecule has 1 saturated carbocycles. The summed E-state index contributed by atoms with van der Waals surface area (Å²) in [5.41, 5.74) is 0.327. The lowest BCUT2D eigenvalue weighted by Gasteiger charge is -2.51. The molecule has 3 atom stereocenters. The van der Waals surface area contributed by atoms with Crippen LogP contribution < -0.4 is 5.32 Å². The lowest BCUT2D eigenvalue weighted by atomic mass is 9.80. The van der Waals surface area contributed by atoms with Gasteiger partial charge in [-0.05, 0) is 44.9 Å². The summed E-state index contributed by atoms with van der Waals surface area (Å²) in [6, 6.07) is 1.58. The van der Waals surface area contributed by atoms with Gasteiger partial charge in [0, 0.05) is 30.7 Å². The molecule has 0 aromatic carbocycles. The van der Waals surface area contributed by atoms with Gasteiger partial charge in [-0.15, -0.1) is 0 Å². The summed E-state index contributed by atoms with van der Waals surface area (Å²) in [6.45, 7) is 12.0. The normalized spacial score (nSPS) is 35.1. The van der Waals surface area contributed by atoms with Crippen LogP contribution >= 0.6 is 0 Å². The summed E-state index contributed by atoms with van der Waals surface area (Å²) in [6.07, 6.45) is 11.2. The molecule has 2 nitrogen and oxygen atoms in total. The van der Waals surface area contributed by atoms with E-state index >= 15 is 0 Å². The van der Waals surface area contributed by atoms with Crippen LogP contribution in [0.3, 0.4) is 0 Å². The highest BCUT2D eigenvalue weighted by molar-refractivity contribution is 4.97. The Bertz CT molecular complexity index is 285. The van der Waals surface area contributed by atoms with Crippen molar-refractivity contribution in [2.45, 2.75) is 96.7 Å². The van der Waals surface area contributed by atoms with Crippen molar-refractivity contribution in [1.82, 2.24) is 10.2 Å². The molecule has 118 valence electrons. The quantitative estimate of drug-likeness (QED) is 0.812. The highest BCUT2D eigenvalue weighted by atomic mass is 15.3. The van der Waals surface area contributed by atoms with Crippen molar-refractivity contribution in [3.8, 4) is 0 Å². The molecule has 0 radical (unpaired) electrons. The van der Waals surface area contributed by atoms with E-state index in [0.717, 1.165) is 18.0 Å². The highest BCUT2D eigenvalue weighted by Crippen LogP contribution is 2.34. The van der Waals surface area contributed by atoms with E-state index in [1.54, 1.807) is 0 Å². The first-order chi connectivity index (χ1) is 9.63. The Morgan fingerprint density at radius 2 is 1.85 bits per heavy atom. The molecule has 1 aliphatic carbocycles. The van der Waals surface area contributed by atoms with E-state index in [-0.39, 0.29) is 0 Å². The smallest absolute Gasteiger partial charge is 0.0278 e. The van der Waals surface area contributed by atoms with E-state index in [2.05, 4.69) is 37.9 Å². The third kappa shape index (κ3) is 3.57. The predicted octanol–water partition coefficient (Wildman–Crippen LogP) is 4.20. The van der Waals surface area contributed by atoms with Gasteiger partial charge >= 0.3 is 0 Å². The zero-order valence-electron chi connectivity index (χ0n) is 14.3. The lowest BCUT2D eigenvalue weighted by molar-refractivity contribution is 0.0104. The van der Waals surface area contributed by atoms with Crippen LogP contribution in [-0.2, 0) is 0 Å². The summed E-state index contributed by atoms with van der Waals surface area (Å²) in [4.78, 5) is 2.90. The Morgan fingerprint density at radius 1 is 1.15 bits per heavy atom. The van der Waals surface area contributed by atoms with Gasteiger partial charge in [-0.1, -0.05) is 40.0 Å². The molecule has 0 spiro atoms. The van der Waals surface area contributed by atoms with Crippen LogP contribution in [0.4, 0.5) is 0 Å². The first-order valence-electron chi connectivity index (χ1n) is 9.14. The van der Waals surface area contributed by atoms with Crippen LogP contribution in [0, 0.1) is 5.92 Å². The van der Waals surface area contributed by atoms with Gasteiger partial charge in [-0.2, -0.15) is 0 Å². The topological polar surface area (TPSA) is 15.3 Å². The monoisotopic (exact) mass is 280 g/mol. The minimum absolute atomic E-state index is 0.327. The first kappa shape index (κ1) is 16.3. The number of hydrogen-bond donors (Lipinski definition) is 1. The fourth-order valence-electron chi connectivity index (χ4n) is 4.43. The van der Waals surface area contributed by atoms with E-state index in [1.165, 1.54) is 64.5 Å². The van der Waals surface area contributed by atoms with E-state index in [0.29, 0.717) is 5.54 Å². The maximum Gasteiger partial charge on any atom is 0.0278 e. The van der Waals surface area contributed by atoms with Gasteiger partial charge in [0.2, 0.25) is 0 Å². The van der Waals surface area contributed by atoms with Crippen LogP contribution in [0.15, 0.2) is 0 Å². The second-order valence-electron chi connectivity index (χ2n) is 7.40. The standard InChI is InChI=1S/C18H36N2/c1-5-16-13-19-18(4,7-3)14-20(16)17(6-2)15-11-9-8-10-12-15/h15-17,19H,5-14H2,1-4H3. The minimum Gasteiger partial charge on any atom is -0.309 e. The number of nitrogens with zero attached hydrogens (tertiary/aromatic N) is 1. The van der Waals surface area contributed by atoms with Crippen molar-refractivity contribution in [3.63, 3.8) is 0 Å². The molecule has 1 saturated heterocycles. The van der Waals surface area contributed by atoms with Gasteiger partial charge in [-0.3, -0.25) is 4.90 Å². The maximum absolute atomic E-state index is 3.82. The number of piperazine rings is 1. The average Bonchev–Trinajstić information content (AvgIpc) is 2.49. The van der Waals surface area contributed by atoms with E-state index < -0.39 is 0 Å². The van der Waals surface area contributed by atoms with E-state index in [4.69, 9.17) is 0 Å². The van der Waals surface area contributed by atoms with Crippen molar-refractivity contribution in [1.29, 1.82) is 0 Å². The van der Waals surface area contributed by atoms with E-state index in [1.807, 2.05) is 0 Å². The molecule has 0 aromatic heterocycles. The predicted molar refractivity (Wildman–Crippen MR) is 88.1 cm³/mol. The summed E-state index contributed by atoms with van der Waals surface area (Å²) in [5, 5.41) is 3.82. The van der Waals surface area contributed by atoms with Crippen molar-refractivity contribution in [2.75, 3.05) is 13.1 Å². The van der Waals surface area contributed by atoms with Gasteiger partial charge in [0.05, 0.1) is 0 Å².